The second-order valence-electron chi connectivity index (χ2n) is 5.37. The molecule has 0 saturated carbocycles. The highest BCUT2D eigenvalue weighted by molar-refractivity contribution is 7.90. The Morgan fingerprint density at radius 3 is 2.61 bits per heavy atom. The predicted octanol–water partition coefficient (Wildman–Crippen LogP) is 3.19. The van der Waals surface area contributed by atoms with E-state index in [-0.39, 0.29) is 17.1 Å². The number of thiazole rings is 1. The molecule has 9 heteroatoms. The normalized spacial score (nSPS) is 11.7. The summed E-state index contributed by atoms with van der Waals surface area (Å²) in [6, 6.07) is 4.20. The van der Waals surface area contributed by atoms with Crippen LogP contribution in [-0.2, 0) is 16.4 Å². The Morgan fingerprint density at radius 2 is 2.09 bits per heavy atom. The molecule has 0 spiro atoms. The third-order valence-corrected chi connectivity index (χ3v) is 5.43. The highest BCUT2D eigenvalue weighted by Crippen LogP contribution is 2.32. The lowest BCUT2D eigenvalue weighted by Crippen LogP contribution is -2.08. The number of hydrogen-bond acceptors (Lipinski definition) is 7. The summed E-state index contributed by atoms with van der Waals surface area (Å²) >= 11 is 1.53. The number of nitrogens with one attached hydrogen (secondary N) is 1. The summed E-state index contributed by atoms with van der Waals surface area (Å²) in [5.74, 6) is 0.316. The number of nitro groups is 1. The van der Waals surface area contributed by atoms with Gasteiger partial charge in [0, 0.05) is 17.6 Å². The molecule has 1 aromatic carbocycles. The first kappa shape index (κ1) is 17.4. The Bertz CT molecular complexity index is 828. The van der Waals surface area contributed by atoms with Crippen LogP contribution >= 0.6 is 11.3 Å². The van der Waals surface area contributed by atoms with E-state index in [4.69, 9.17) is 0 Å². The van der Waals surface area contributed by atoms with Crippen molar-refractivity contribution in [3.8, 4) is 0 Å². The number of benzene rings is 1. The smallest absolute Gasteiger partial charge is 0.310 e. The number of nitro benzene ring substituents is 1. The van der Waals surface area contributed by atoms with Gasteiger partial charge in [0.1, 0.15) is 10.6 Å². The number of nitrogens with zero attached hydrogens (tertiary/aromatic N) is 2. The van der Waals surface area contributed by atoms with E-state index >= 15 is 0 Å². The third-order valence-electron chi connectivity index (χ3n) is 3.10. The van der Waals surface area contributed by atoms with E-state index in [0.29, 0.717) is 5.92 Å². The van der Waals surface area contributed by atoms with Gasteiger partial charge in [0.25, 0.3) is 0 Å². The van der Waals surface area contributed by atoms with Gasteiger partial charge in [-0.1, -0.05) is 19.9 Å². The zero-order chi connectivity index (χ0) is 17.2. The fourth-order valence-electron chi connectivity index (χ4n) is 2.01. The molecule has 0 saturated heterocycles. The molecule has 1 N–H and O–H groups in total. The van der Waals surface area contributed by atoms with E-state index in [2.05, 4.69) is 10.3 Å². The SMILES string of the molecule is CC(C)c1nc(CNc2cccc(S(C)(=O)=O)c2[N+](=O)[O-])cs1. The number of sulfone groups is 1. The van der Waals surface area contributed by atoms with Crippen LogP contribution < -0.4 is 5.32 Å². The standard InChI is InChI=1S/C14H17N3O4S2/c1-9(2)14-16-10(8-22-14)7-15-11-5-4-6-12(23(3,20)21)13(11)17(18)19/h4-6,8-9,15H,7H2,1-3H3. The number of rotatable bonds is 6. The van der Waals surface area contributed by atoms with Crippen molar-refractivity contribution in [2.75, 3.05) is 11.6 Å². The van der Waals surface area contributed by atoms with Gasteiger partial charge < -0.3 is 5.32 Å². The fourth-order valence-corrected chi connectivity index (χ4v) is 3.70. The van der Waals surface area contributed by atoms with E-state index in [0.717, 1.165) is 17.0 Å². The Balaban J connectivity index is 2.31. The molecule has 1 aromatic heterocycles. The van der Waals surface area contributed by atoms with Crippen LogP contribution in [0.1, 0.15) is 30.5 Å². The monoisotopic (exact) mass is 355 g/mol. The minimum Gasteiger partial charge on any atom is -0.374 e. The molecule has 0 radical (unpaired) electrons. The molecule has 0 aliphatic rings. The van der Waals surface area contributed by atoms with E-state index in [1.54, 1.807) is 0 Å². The summed E-state index contributed by atoms with van der Waals surface area (Å²) in [6.07, 6.45) is 0.953. The quantitative estimate of drug-likeness (QED) is 0.630. The second-order valence-corrected chi connectivity index (χ2v) is 8.24. The molecule has 2 aromatic rings. The van der Waals surface area contributed by atoms with E-state index < -0.39 is 20.4 Å². The van der Waals surface area contributed by atoms with Gasteiger partial charge in [0.05, 0.1) is 22.2 Å². The van der Waals surface area contributed by atoms with Crippen LogP contribution in [0.15, 0.2) is 28.5 Å². The van der Waals surface area contributed by atoms with Gasteiger partial charge in [-0.3, -0.25) is 10.1 Å². The summed E-state index contributed by atoms with van der Waals surface area (Å²) in [6.45, 7) is 4.37. The maximum absolute atomic E-state index is 11.7. The Morgan fingerprint density at radius 1 is 1.39 bits per heavy atom. The molecule has 7 nitrogen and oxygen atoms in total. The largest absolute Gasteiger partial charge is 0.374 e. The van der Waals surface area contributed by atoms with Crippen LogP contribution in [0.2, 0.25) is 0 Å². The lowest BCUT2D eigenvalue weighted by Gasteiger charge is -2.08. The van der Waals surface area contributed by atoms with Crippen molar-refractivity contribution in [1.82, 2.24) is 4.98 Å². The minimum absolute atomic E-state index is 0.164. The van der Waals surface area contributed by atoms with Crippen molar-refractivity contribution in [2.24, 2.45) is 0 Å². The van der Waals surface area contributed by atoms with Crippen molar-refractivity contribution in [1.29, 1.82) is 0 Å². The van der Waals surface area contributed by atoms with Gasteiger partial charge in [0.2, 0.25) is 0 Å². The number of para-hydroxylation sites is 1. The second kappa shape index (κ2) is 6.63. The minimum atomic E-state index is -3.69. The van der Waals surface area contributed by atoms with Gasteiger partial charge >= 0.3 is 5.69 Å². The van der Waals surface area contributed by atoms with Crippen molar-refractivity contribution >= 4 is 32.5 Å². The Labute approximate surface area is 138 Å². The molecule has 23 heavy (non-hydrogen) atoms. The van der Waals surface area contributed by atoms with Crippen molar-refractivity contribution in [2.45, 2.75) is 31.2 Å². The maximum Gasteiger partial charge on any atom is 0.310 e. The molecule has 2 rings (SSSR count). The number of anilines is 1. The zero-order valence-electron chi connectivity index (χ0n) is 12.9. The van der Waals surface area contributed by atoms with Gasteiger partial charge in [-0.15, -0.1) is 11.3 Å². The van der Waals surface area contributed by atoms with Crippen molar-refractivity contribution in [3.63, 3.8) is 0 Å². The highest BCUT2D eigenvalue weighted by Gasteiger charge is 2.26. The molecule has 0 unspecified atom stereocenters. The van der Waals surface area contributed by atoms with Crippen molar-refractivity contribution < 1.29 is 13.3 Å². The molecule has 1 heterocycles. The molecular formula is C14H17N3O4S2. The number of hydrogen-bond donors (Lipinski definition) is 1. The molecule has 0 atom stereocenters. The topological polar surface area (TPSA) is 102 Å². The first-order valence-corrected chi connectivity index (χ1v) is 9.63. The highest BCUT2D eigenvalue weighted by atomic mass is 32.2. The van der Waals surface area contributed by atoms with Crippen LogP contribution in [-0.4, -0.2) is 24.6 Å². The fraction of sp³-hybridized carbons (Fsp3) is 0.357. The summed E-state index contributed by atoms with van der Waals surface area (Å²) in [5, 5.41) is 17.1. The maximum atomic E-state index is 11.7. The lowest BCUT2D eigenvalue weighted by molar-refractivity contribution is -0.386. The van der Waals surface area contributed by atoms with Gasteiger partial charge in [0.15, 0.2) is 9.84 Å². The average molecular weight is 355 g/mol. The first-order chi connectivity index (χ1) is 10.7. The first-order valence-electron chi connectivity index (χ1n) is 6.85. The van der Waals surface area contributed by atoms with E-state index in [9.17, 15) is 18.5 Å². The third kappa shape index (κ3) is 4.05. The molecule has 0 aliphatic carbocycles. The Kier molecular flexibility index (Phi) is 5.00. The molecule has 124 valence electrons. The molecule has 0 fully saturated rings. The Hall–Kier alpha value is -2.00. The molecule has 0 bridgehead atoms. The molecule has 0 aliphatic heterocycles. The van der Waals surface area contributed by atoms with Crippen LogP contribution in [0.4, 0.5) is 11.4 Å². The summed E-state index contributed by atoms with van der Waals surface area (Å²) in [7, 11) is -3.69. The summed E-state index contributed by atoms with van der Waals surface area (Å²) in [4.78, 5) is 14.7. The van der Waals surface area contributed by atoms with Gasteiger partial charge in [-0.25, -0.2) is 13.4 Å². The lowest BCUT2D eigenvalue weighted by atomic mass is 10.2. The van der Waals surface area contributed by atoms with E-state index in [1.807, 2.05) is 19.2 Å². The van der Waals surface area contributed by atoms with Crippen LogP contribution in [0.5, 0.6) is 0 Å². The predicted molar refractivity (Wildman–Crippen MR) is 89.7 cm³/mol. The zero-order valence-corrected chi connectivity index (χ0v) is 14.6. The molecular weight excluding hydrogens is 338 g/mol. The van der Waals surface area contributed by atoms with Gasteiger partial charge in [-0.2, -0.15) is 0 Å². The van der Waals surface area contributed by atoms with Crippen LogP contribution in [0.25, 0.3) is 0 Å². The van der Waals surface area contributed by atoms with Crippen LogP contribution in [0, 0.1) is 10.1 Å². The number of aromatic nitrogens is 1. The van der Waals surface area contributed by atoms with Gasteiger partial charge in [-0.05, 0) is 12.1 Å². The van der Waals surface area contributed by atoms with Crippen LogP contribution in [0.3, 0.4) is 0 Å². The summed E-state index contributed by atoms with van der Waals surface area (Å²) < 4.78 is 23.4. The molecule has 0 amide bonds. The summed E-state index contributed by atoms with van der Waals surface area (Å²) in [5.41, 5.74) is 0.490. The van der Waals surface area contributed by atoms with E-state index in [1.165, 1.54) is 29.5 Å². The van der Waals surface area contributed by atoms with Crippen molar-refractivity contribution in [3.05, 3.63) is 44.4 Å². The average Bonchev–Trinajstić information content (AvgIpc) is 2.92.